The summed E-state index contributed by atoms with van der Waals surface area (Å²) < 4.78 is 25.3. The van der Waals surface area contributed by atoms with E-state index in [0.29, 0.717) is 18.2 Å². The van der Waals surface area contributed by atoms with Crippen molar-refractivity contribution < 1.29 is 13.9 Å². The second-order valence-electron chi connectivity index (χ2n) is 6.80. The summed E-state index contributed by atoms with van der Waals surface area (Å²) in [5.74, 6) is 1.87. The highest BCUT2D eigenvalue weighted by atomic mass is 127. The molecule has 0 aliphatic carbocycles. The van der Waals surface area contributed by atoms with E-state index in [2.05, 4.69) is 15.2 Å². The van der Waals surface area contributed by atoms with Gasteiger partial charge in [0.1, 0.15) is 5.75 Å². The van der Waals surface area contributed by atoms with Crippen molar-refractivity contribution in [3.63, 3.8) is 0 Å². The molecule has 5 nitrogen and oxygen atoms in total. The number of benzene rings is 2. The van der Waals surface area contributed by atoms with E-state index in [4.69, 9.17) is 9.47 Å². The Morgan fingerprint density at radius 2 is 1.90 bits per heavy atom. The first-order valence-electron chi connectivity index (χ1n) is 9.75. The van der Waals surface area contributed by atoms with E-state index in [-0.39, 0.29) is 35.5 Å². The molecule has 0 spiro atoms. The first kappa shape index (κ1) is 23.4. The molecule has 0 saturated carbocycles. The number of likely N-dealkylation sites (tertiary alicyclic amines) is 1. The minimum absolute atomic E-state index is 0. The van der Waals surface area contributed by atoms with Crippen LogP contribution in [0.15, 0.2) is 53.5 Å². The van der Waals surface area contributed by atoms with Gasteiger partial charge < -0.3 is 19.7 Å². The molecule has 0 bridgehead atoms. The maximum atomic E-state index is 13.9. The summed E-state index contributed by atoms with van der Waals surface area (Å²) in [6.45, 7) is 6.02. The highest BCUT2D eigenvalue weighted by Gasteiger charge is 2.25. The Labute approximate surface area is 189 Å². The molecule has 1 saturated heterocycles. The van der Waals surface area contributed by atoms with Crippen molar-refractivity contribution >= 4 is 29.9 Å². The maximum absolute atomic E-state index is 13.9. The minimum Gasteiger partial charge on any atom is -0.454 e. The fourth-order valence-corrected chi connectivity index (χ4v) is 3.35. The van der Waals surface area contributed by atoms with Crippen LogP contribution in [0.4, 0.5) is 4.39 Å². The van der Waals surface area contributed by atoms with Crippen LogP contribution in [0.3, 0.4) is 0 Å². The van der Waals surface area contributed by atoms with Gasteiger partial charge in [0.05, 0.1) is 6.61 Å². The van der Waals surface area contributed by atoms with Crippen molar-refractivity contribution in [2.75, 3.05) is 33.4 Å². The molecule has 0 amide bonds. The molecule has 0 aromatic heterocycles. The zero-order valence-corrected chi connectivity index (χ0v) is 19.3. The number of ether oxygens (including phenoxy) is 2. The van der Waals surface area contributed by atoms with Crippen molar-refractivity contribution in [3.05, 3.63) is 59.9 Å². The molecule has 158 valence electrons. The summed E-state index contributed by atoms with van der Waals surface area (Å²) in [6, 6.07) is 14.1. The number of hydrogen-bond acceptors (Lipinski definition) is 3. The van der Waals surface area contributed by atoms with E-state index in [9.17, 15) is 4.39 Å². The first-order chi connectivity index (χ1) is 13.7. The number of para-hydroxylation sites is 2. The van der Waals surface area contributed by atoms with E-state index in [1.54, 1.807) is 25.2 Å². The molecule has 1 heterocycles. The second kappa shape index (κ2) is 12.0. The zero-order chi connectivity index (χ0) is 19.8. The van der Waals surface area contributed by atoms with Crippen molar-refractivity contribution in [1.82, 2.24) is 10.2 Å². The topological polar surface area (TPSA) is 46.1 Å². The van der Waals surface area contributed by atoms with Crippen LogP contribution < -0.4 is 10.1 Å². The average Bonchev–Trinajstić information content (AvgIpc) is 3.18. The van der Waals surface area contributed by atoms with Crippen LogP contribution in [-0.4, -0.2) is 44.2 Å². The second-order valence-corrected chi connectivity index (χ2v) is 6.80. The fourth-order valence-electron chi connectivity index (χ4n) is 3.35. The lowest BCUT2D eigenvalue weighted by molar-refractivity contribution is 0.114. The van der Waals surface area contributed by atoms with Gasteiger partial charge in [-0.25, -0.2) is 4.39 Å². The largest absolute Gasteiger partial charge is 0.454 e. The summed E-state index contributed by atoms with van der Waals surface area (Å²) in [7, 11) is 1.79. The van der Waals surface area contributed by atoms with Gasteiger partial charge in [-0.2, -0.15) is 0 Å². The maximum Gasteiger partial charge on any atom is 0.193 e. The van der Waals surface area contributed by atoms with Gasteiger partial charge in [-0.05, 0) is 31.5 Å². The Morgan fingerprint density at radius 3 is 2.62 bits per heavy atom. The normalized spacial score (nSPS) is 16.4. The van der Waals surface area contributed by atoms with E-state index in [0.717, 1.165) is 44.2 Å². The van der Waals surface area contributed by atoms with Crippen molar-refractivity contribution in [3.8, 4) is 11.5 Å². The molecule has 1 N–H and O–H groups in total. The van der Waals surface area contributed by atoms with Gasteiger partial charge in [0.2, 0.25) is 0 Å². The summed E-state index contributed by atoms with van der Waals surface area (Å²) >= 11 is 0. The zero-order valence-electron chi connectivity index (χ0n) is 16.9. The van der Waals surface area contributed by atoms with Crippen molar-refractivity contribution in [2.45, 2.75) is 19.9 Å². The van der Waals surface area contributed by atoms with Crippen molar-refractivity contribution in [2.24, 2.45) is 10.9 Å². The summed E-state index contributed by atoms with van der Waals surface area (Å²) in [5.41, 5.74) is 0.942. The predicted molar refractivity (Wildman–Crippen MR) is 125 cm³/mol. The van der Waals surface area contributed by atoms with E-state index < -0.39 is 0 Å². The van der Waals surface area contributed by atoms with Gasteiger partial charge in [-0.1, -0.05) is 30.3 Å². The predicted octanol–water partition coefficient (Wildman–Crippen LogP) is 4.67. The molecule has 1 atom stereocenters. The first-order valence-corrected chi connectivity index (χ1v) is 9.75. The van der Waals surface area contributed by atoms with Gasteiger partial charge in [0.25, 0.3) is 0 Å². The standard InChI is InChI=1S/C22H28FN3O2.HI/c1-3-27-16-17-12-13-26(15-17)22(24-2)25-14-18-8-4-6-10-20(18)28-21-11-7-5-9-19(21)23;/h4-11,17H,3,12-16H2,1-2H3,(H,24,25);1H. The highest BCUT2D eigenvalue weighted by molar-refractivity contribution is 14.0. The van der Waals surface area contributed by atoms with Crippen LogP contribution in [-0.2, 0) is 11.3 Å². The molecule has 7 heteroatoms. The molecule has 1 aliphatic rings. The molecule has 2 aromatic rings. The van der Waals surface area contributed by atoms with Crippen LogP contribution >= 0.6 is 24.0 Å². The van der Waals surface area contributed by atoms with E-state index >= 15 is 0 Å². The number of nitrogens with one attached hydrogen (secondary N) is 1. The molecular weight excluding hydrogens is 484 g/mol. The lowest BCUT2D eigenvalue weighted by Gasteiger charge is -2.22. The lowest BCUT2D eigenvalue weighted by Crippen LogP contribution is -2.39. The summed E-state index contributed by atoms with van der Waals surface area (Å²) in [5, 5.41) is 3.41. The van der Waals surface area contributed by atoms with Gasteiger partial charge >= 0.3 is 0 Å². The van der Waals surface area contributed by atoms with Crippen LogP contribution in [0.5, 0.6) is 11.5 Å². The molecular formula is C22H29FIN3O2. The fraction of sp³-hybridized carbons (Fsp3) is 0.409. The molecule has 2 aromatic carbocycles. The van der Waals surface area contributed by atoms with Gasteiger partial charge in [-0.3, -0.25) is 4.99 Å². The number of halogens is 2. The number of nitrogens with zero attached hydrogens (tertiary/aromatic N) is 2. The SMILES string of the molecule is CCOCC1CCN(C(=NC)NCc2ccccc2Oc2ccccc2F)C1.I. The average molecular weight is 513 g/mol. The third-order valence-corrected chi connectivity index (χ3v) is 4.82. The number of hydrogen-bond donors (Lipinski definition) is 1. The summed E-state index contributed by atoms with van der Waals surface area (Å²) in [4.78, 5) is 6.67. The number of guanidine groups is 1. The van der Waals surface area contributed by atoms with Gasteiger partial charge in [0, 0.05) is 44.8 Å². The van der Waals surface area contributed by atoms with Gasteiger partial charge in [-0.15, -0.1) is 24.0 Å². The van der Waals surface area contributed by atoms with Gasteiger partial charge in [0.15, 0.2) is 17.5 Å². The number of rotatable bonds is 7. The Morgan fingerprint density at radius 1 is 1.17 bits per heavy atom. The van der Waals surface area contributed by atoms with Crippen LogP contribution in [0.25, 0.3) is 0 Å². The van der Waals surface area contributed by atoms with E-state index in [1.165, 1.54) is 6.07 Å². The minimum atomic E-state index is -0.376. The quantitative estimate of drug-likeness (QED) is 0.332. The Hall–Kier alpha value is -1.87. The highest BCUT2D eigenvalue weighted by Crippen LogP contribution is 2.27. The molecule has 3 rings (SSSR count). The van der Waals surface area contributed by atoms with E-state index in [1.807, 2.05) is 31.2 Å². The Kier molecular flexibility index (Phi) is 9.66. The lowest BCUT2D eigenvalue weighted by atomic mass is 10.1. The van der Waals surface area contributed by atoms with Crippen LogP contribution in [0, 0.1) is 11.7 Å². The summed E-state index contributed by atoms with van der Waals surface area (Å²) in [6.07, 6.45) is 1.10. The molecule has 0 radical (unpaired) electrons. The monoisotopic (exact) mass is 513 g/mol. The Balaban J connectivity index is 0.00000300. The molecule has 1 unspecified atom stereocenters. The third kappa shape index (κ3) is 6.57. The number of aliphatic imine (C=N–C) groups is 1. The van der Waals surface area contributed by atoms with Crippen LogP contribution in [0.2, 0.25) is 0 Å². The third-order valence-electron chi connectivity index (χ3n) is 4.82. The van der Waals surface area contributed by atoms with Crippen LogP contribution in [0.1, 0.15) is 18.9 Å². The van der Waals surface area contributed by atoms with Crippen molar-refractivity contribution in [1.29, 1.82) is 0 Å². The Bertz CT molecular complexity index is 803. The molecule has 29 heavy (non-hydrogen) atoms. The smallest absolute Gasteiger partial charge is 0.193 e. The molecule has 1 aliphatic heterocycles. The molecule has 1 fully saturated rings.